The van der Waals surface area contributed by atoms with Crippen LogP contribution < -0.4 is 0 Å². The van der Waals surface area contributed by atoms with Gasteiger partial charge < -0.3 is 5.11 Å². The first-order valence-corrected chi connectivity index (χ1v) is 7.97. The maximum absolute atomic E-state index is 13.4. The fourth-order valence-corrected chi connectivity index (χ4v) is 3.20. The Balaban J connectivity index is 2.17. The van der Waals surface area contributed by atoms with Crippen molar-refractivity contribution in [3.8, 4) is 17.3 Å². The van der Waals surface area contributed by atoms with Gasteiger partial charge in [-0.05, 0) is 31.9 Å². The lowest BCUT2D eigenvalue weighted by atomic mass is 9.75. The molecule has 0 amide bonds. The van der Waals surface area contributed by atoms with Crippen molar-refractivity contribution in [2.75, 3.05) is 0 Å². The summed E-state index contributed by atoms with van der Waals surface area (Å²) in [6.07, 6.45) is -0.749. The van der Waals surface area contributed by atoms with Crippen LogP contribution in [-0.4, -0.2) is 26.8 Å². The van der Waals surface area contributed by atoms with Crippen LogP contribution in [0.1, 0.15) is 60.3 Å². The van der Waals surface area contributed by atoms with E-state index < -0.39 is 17.8 Å². The quantitative estimate of drug-likeness (QED) is 0.900. The summed E-state index contributed by atoms with van der Waals surface area (Å²) in [4.78, 5) is 11.8. The fourth-order valence-electron chi connectivity index (χ4n) is 3.20. The smallest absolute Gasteiger partial charge is 0.354 e. The van der Waals surface area contributed by atoms with E-state index in [9.17, 15) is 18.7 Å². The molecule has 0 atom stereocenters. The number of rotatable bonds is 4. The van der Waals surface area contributed by atoms with Crippen LogP contribution in [0.5, 0.6) is 0 Å². The fraction of sp³-hybridized carbons (Fsp3) is 0.389. The van der Waals surface area contributed by atoms with Crippen molar-refractivity contribution in [1.82, 2.24) is 9.78 Å². The number of benzene rings is 1. The lowest BCUT2D eigenvalue weighted by molar-refractivity contribution is -0.0868. The Morgan fingerprint density at radius 2 is 1.96 bits per heavy atom. The lowest BCUT2D eigenvalue weighted by Gasteiger charge is -2.35. The second-order valence-electron chi connectivity index (χ2n) is 6.60. The summed E-state index contributed by atoms with van der Waals surface area (Å²) in [5, 5.41) is 23.0. The first-order valence-electron chi connectivity index (χ1n) is 7.97. The van der Waals surface area contributed by atoms with Crippen LogP contribution in [0.25, 0.3) is 11.3 Å². The van der Waals surface area contributed by atoms with Crippen molar-refractivity contribution in [1.29, 1.82) is 5.26 Å². The van der Waals surface area contributed by atoms with Crippen LogP contribution in [0.2, 0.25) is 0 Å². The molecule has 1 fully saturated rings. The SMILES string of the molecule is CC(C)n1nc(-c2ccc(C#N)cc2)c(C2CC(F)(F)C2)c1C(=O)O. The van der Waals surface area contributed by atoms with Gasteiger partial charge in [0.05, 0.1) is 17.3 Å². The molecule has 1 aliphatic carbocycles. The van der Waals surface area contributed by atoms with Gasteiger partial charge in [0.25, 0.3) is 0 Å². The zero-order chi connectivity index (χ0) is 18.4. The lowest BCUT2D eigenvalue weighted by Crippen LogP contribution is -2.34. The number of aromatic nitrogens is 2. The number of alkyl halides is 2. The van der Waals surface area contributed by atoms with Gasteiger partial charge in [-0.2, -0.15) is 10.4 Å². The standard InChI is InChI=1S/C18H17F2N3O2/c1-10(2)23-16(17(24)25)14(13-7-18(19,20)8-13)15(22-23)12-5-3-11(9-21)4-6-12/h3-6,10,13H,7-8H2,1-2H3,(H,24,25). The van der Waals surface area contributed by atoms with E-state index in [1.165, 1.54) is 4.68 Å². The van der Waals surface area contributed by atoms with Gasteiger partial charge in [-0.15, -0.1) is 0 Å². The highest BCUT2D eigenvalue weighted by molar-refractivity contribution is 5.90. The van der Waals surface area contributed by atoms with Crippen molar-refractivity contribution in [2.45, 2.75) is 44.6 Å². The molecular formula is C18H17F2N3O2. The molecule has 1 heterocycles. The number of hydrogen-bond donors (Lipinski definition) is 1. The van der Waals surface area contributed by atoms with Crippen LogP contribution >= 0.6 is 0 Å². The molecule has 0 saturated heterocycles. The van der Waals surface area contributed by atoms with Gasteiger partial charge in [-0.25, -0.2) is 13.6 Å². The molecule has 7 heteroatoms. The number of carboxylic acids is 1. The van der Waals surface area contributed by atoms with E-state index in [1.807, 2.05) is 6.07 Å². The third-order valence-electron chi connectivity index (χ3n) is 4.42. The third kappa shape index (κ3) is 3.00. The van der Waals surface area contributed by atoms with Crippen molar-refractivity contribution < 1.29 is 18.7 Å². The molecule has 0 radical (unpaired) electrons. The van der Waals surface area contributed by atoms with E-state index in [-0.39, 0.29) is 24.6 Å². The normalized spacial score (nSPS) is 16.5. The van der Waals surface area contributed by atoms with E-state index in [0.717, 1.165) is 0 Å². The van der Waals surface area contributed by atoms with Crippen LogP contribution in [0.15, 0.2) is 24.3 Å². The Morgan fingerprint density at radius 1 is 1.36 bits per heavy atom. The summed E-state index contributed by atoms with van der Waals surface area (Å²) < 4.78 is 28.2. The summed E-state index contributed by atoms with van der Waals surface area (Å²) in [5.41, 5.74) is 1.80. The second kappa shape index (κ2) is 5.96. The van der Waals surface area contributed by atoms with E-state index in [0.29, 0.717) is 22.4 Å². The zero-order valence-corrected chi connectivity index (χ0v) is 13.8. The van der Waals surface area contributed by atoms with Crippen molar-refractivity contribution in [3.05, 3.63) is 41.1 Å². The van der Waals surface area contributed by atoms with Gasteiger partial charge in [-0.1, -0.05) is 12.1 Å². The number of nitriles is 1. The molecule has 3 rings (SSSR count). The number of nitrogens with zero attached hydrogens (tertiary/aromatic N) is 3. The molecule has 1 aromatic heterocycles. The molecule has 0 unspecified atom stereocenters. The maximum Gasteiger partial charge on any atom is 0.354 e. The Kier molecular flexibility index (Phi) is 4.07. The summed E-state index contributed by atoms with van der Waals surface area (Å²) in [6, 6.07) is 8.32. The molecule has 130 valence electrons. The highest BCUT2D eigenvalue weighted by Gasteiger charge is 2.49. The van der Waals surface area contributed by atoms with Crippen LogP contribution in [0, 0.1) is 11.3 Å². The first kappa shape index (κ1) is 17.1. The van der Waals surface area contributed by atoms with Crippen molar-refractivity contribution in [3.63, 3.8) is 0 Å². The van der Waals surface area contributed by atoms with Gasteiger partial charge in [0.2, 0.25) is 5.92 Å². The minimum atomic E-state index is -2.76. The van der Waals surface area contributed by atoms with Crippen molar-refractivity contribution in [2.24, 2.45) is 0 Å². The van der Waals surface area contributed by atoms with E-state index >= 15 is 0 Å². The van der Waals surface area contributed by atoms with Gasteiger partial charge >= 0.3 is 5.97 Å². The number of carbonyl (C=O) groups is 1. The summed E-state index contributed by atoms with van der Waals surface area (Å²) >= 11 is 0. The van der Waals surface area contributed by atoms with Crippen LogP contribution in [0.3, 0.4) is 0 Å². The highest BCUT2D eigenvalue weighted by atomic mass is 19.3. The third-order valence-corrected chi connectivity index (χ3v) is 4.42. The average molecular weight is 345 g/mol. The molecule has 0 spiro atoms. The van der Waals surface area contributed by atoms with Crippen LogP contribution in [0.4, 0.5) is 8.78 Å². The zero-order valence-electron chi connectivity index (χ0n) is 13.8. The summed E-state index contributed by atoms with van der Waals surface area (Å²) in [7, 11) is 0. The van der Waals surface area contributed by atoms with Gasteiger partial charge in [0.15, 0.2) is 5.69 Å². The Morgan fingerprint density at radius 3 is 2.40 bits per heavy atom. The van der Waals surface area contributed by atoms with Gasteiger partial charge in [0.1, 0.15) is 0 Å². The Hall–Kier alpha value is -2.75. The molecule has 1 aromatic carbocycles. The summed E-state index contributed by atoms with van der Waals surface area (Å²) in [5.74, 6) is -4.48. The number of aromatic carboxylic acids is 1. The molecule has 2 aromatic rings. The number of halogens is 2. The highest BCUT2D eigenvalue weighted by Crippen LogP contribution is 2.51. The molecule has 1 N–H and O–H groups in total. The number of hydrogen-bond acceptors (Lipinski definition) is 3. The molecular weight excluding hydrogens is 328 g/mol. The first-order chi connectivity index (χ1) is 11.7. The minimum absolute atomic E-state index is 0.0325. The molecule has 0 aliphatic heterocycles. The predicted molar refractivity (Wildman–Crippen MR) is 86.6 cm³/mol. The molecule has 1 saturated carbocycles. The monoisotopic (exact) mass is 345 g/mol. The summed E-state index contributed by atoms with van der Waals surface area (Å²) in [6.45, 7) is 3.59. The average Bonchev–Trinajstić information content (AvgIpc) is 2.93. The van der Waals surface area contributed by atoms with E-state index in [1.54, 1.807) is 38.1 Å². The molecule has 5 nitrogen and oxygen atoms in total. The van der Waals surface area contributed by atoms with E-state index in [2.05, 4.69) is 5.10 Å². The van der Waals surface area contributed by atoms with Gasteiger partial charge in [0, 0.05) is 30.0 Å². The predicted octanol–water partition coefficient (Wildman–Crippen LogP) is 4.21. The van der Waals surface area contributed by atoms with Gasteiger partial charge in [-0.3, -0.25) is 4.68 Å². The van der Waals surface area contributed by atoms with E-state index in [4.69, 9.17) is 5.26 Å². The topological polar surface area (TPSA) is 78.9 Å². The van der Waals surface area contributed by atoms with Crippen LogP contribution in [-0.2, 0) is 0 Å². The molecule has 0 bridgehead atoms. The minimum Gasteiger partial charge on any atom is -0.477 e. The largest absolute Gasteiger partial charge is 0.477 e. The molecule has 1 aliphatic rings. The maximum atomic E-state index is 13.4. The number of carboxylic acid groups (broad SMARTS) is 1. The second-order valence-corrected chi connectivity index (χ2v) is 6.60. The Bertz CT molecular complexity index is 856. The Labute approximate surface area is 143 Å². The van der Waals surface area contributed by atoms with Crippen molar-refractivity contribution >= 4 is 5.97 Å². The molecule has 25 heavy (non-hydrogen) atoms.